The van der Waals surface area contributed by atoms with Crippen molar-refractivity contribution >= 4 is 35.0 Å². The number of halogens is 1. The molecule has 0 aliphatic carbocycles. The number of rotatable bonds is 8. The maximum Gasteiger partial charge on any atom is 0.234 e. The molecule has 0 unspecified atom stereocenters. The predicted molar refractivity (Wildman–Crippen MR) is 130 cm³/mol. The lowest BCUT2D eigenvalue weighted by molar-refractivity contribution is -0.113. The maximum absolute atomic E-state index is 12.5. The Morgan fingerprint density at radius 2 is 1.85 bits per heavy atom. The zero-order valence-corrected chi connectivity index (χ0v) is 19.6. The number of thioether (sulfide) groups is 1. The lowest BCUT2D eigenvalue weighted by atomic mass is 10.2. The van der Waals surface area contributed by atoms with E-state index in [1.54, 1.807) is 42.3 Å². The van der Waals surface area contributed by atoms with Crippen LogP contribution in [0.25, 0.3) is 5.69 Å². The van der Waals surface area contributed by atoms with E-state index in [1.165, 1.54) is 11.8 Å². The molecule has 0 saturated heterocycles. The third-order valence-electron chi connectivity index (χ3n) is 4.72. The molecule has 0 spiro atoms. The van der Waals surface area contributed by atoms with Gasteiger partial charge in [0.2, 0.25) is 5.91 Å². The van der Waals surface area contributed by atoms with E-state index in [-0.39, 0.29) is 11.7 Å². The predicted octanol–water partition coefficient (Wildman–Crippen LogP) is 5.76. The van der Waals surface area contributed by atoms with Crippen LogP contribution in [0.15, 0.2) is 78.2 Å². The van der Waals surface area contributed by atoms with Crippen LogP contribution < -0.4 is 14.8 Å². The number of amides is 1. The van der Waals surface area contributed by atoms with Crippen molar-refractivity contribution in [1.82, 2.24) is 14.8 Å². The Morgan fingerprint density at radius 1 is 1.09 bits per heavy atom. The van der Waals surface area contributed by atoms with Crippen molar-refractivity contribution < 1.29 is 14.3 Å². The molecule has 1 amide bonds. The van der Waals surface area contributed by atoms with Gasteiger partial charge in [0, 0.05) is 10.7 Å². The lowest BCUT2D eigenvalue weighted by Crippen LogP contribution is -2.14. The third-order valence-corrected chi connectivity index (χ3v) is 6.07. The van der Waals surface area contributed by atoms with E-state index in [0.717, 1.165) is 11.3 Å². The summed E-state index contributed by atoms with van der Waals surface area (Å²) in [7, 11) is 1.59. The highest BCUT2D eigenvalue weighted by atomic mass is 35.5. The molecule has 0 radical (unpaired) electrons. The Bertz CT molecular complexity index is 1260. The summed E-state index contributed by atoms with van der Waals surface area (Å²) in [5.41, 5.74) is 2.49. The zero-order valence-electron chi connectivity index (χ0n) is 18.0. The third kappa shape index (κ3) is 5.66. The number of aryl methyl sites for hydroxylation is 1. The molecule has 7 nitrogen and oxygen atoms in total. The quantitative estimate of drug-likeness (QED) is 0.323. The number of carbonyl (C=O) groups is 1. The first-order valence-corrected chi connectivity index (χ1v) is 11.4. The molecular formula is C24H21ClN4O3S. The van der Waals surface area contributed by atoms with Crippen molar-refractivity contribution in [2.24, 2.45) is 0 Å². The molecule has 3 aromatic carbocycles. The summed E-state index contributed by atoms with van der Waals surface area (Å²) in [5, 5.41) is 12.2. The van der Waals surface area contributed by atoms with Gasteiger partial charge in [-0.25, -0.2) is 0 Å². The van der Waals surface area contributed by atoms with Crippen LogP contribution in [0.1, 0.15) is 5.56 Å². The Labute approximate surface area is 200 Å². The van der Waals surface area contributed by atoms with Crippen molar-refractivity contribution in [3.63, 3.8) is 0 Å². The van der Waals surface area contributed by atoms with Gasteiger partial charge in [-0.15, -0.1) is 10.2 Å². The topological polar surface area (TPSA) is 78.3 Å². The number of hydrogen-bond acceptors (Lipinski definition) is 6. The number of methoxy groups -OCH3 is 1. The Kier molecular flexibility index (Phi) is 7.16. The minimum Gasteiger partial charge on any atom is -0.493 e. The highest BCUT2D eigenvalue weighted by Gasteiger charge is 2.12. The number of para-hydroxylation sites is 2. The van der Waals surface area contributed by atoms with E-state index in [0.29, 0.717) is 33.1 Å². The fraction of sp³-hybridized carbons (Fsp3) is 0.125. The van der Waals surface area contributed by atoms with Gasteiger partial charge in [0.05, 0.1) is 18.6 Å². The summed E-state index contributed by atoms with van der Waals surface area (Å²) in [5.74, 6) is 1.92. The van der Waals surface area contributed by atoms with Crippen LogP contribution in [0.2, 0.25) is 5.02 Å². The van der Waals surface area contributed by atoms with Gasteiger partial charge >= 0.3 is 0 Å². The maximum atomic E-state index is 12.5. The van der Waals surface area contributed by atoms with Gasteiger partial charge in [-0.2, -0.15) is 0 Å². The summed E-state index contributed by atoms with van der Waals surface area (Å²) in [4.78, 5) is 12.5. The molecule has 0 aliphatic heterocycles. The van der Waals surface area contributed by atoms with Gasteiger partial charge in [0.15, 0.2) is 16.7 Å². The van der Waals surface area contributed by atoms with E-state index < -0.39 is 0 Å². The second kappa shape index (κ2) is 10.4. The number of nitrogens with one attached hydrogen (secondary N) is 1. The second-order valence-electron chi connectivity index (χ2n) is 7.03. The van der Waals surface area contributed by atoms with Gasteiger partial charge in [-0.05, 0) is 61.0 Å². The van der Waals surface area contributed by atoms with Gasteiger partial charge in [0.25, 0.3) is 0 Å². The van der Waals surface area contributed by atoms with Crippen molar-refractivity contribution in [2.75, 3.05) is 18.2 Å². The number of carbonyl (C=O) groups excluding carboxylic acids is 1. The fourth-order valence-electron chi connectivity index (χ4n) is 3.00. The molecule has 0 fully saturated rings. The molecule has 4 rings (SSSR count). The second-order valence-corrected chi connectivity index (χ2v) is 8.38. The first-order chi connectivity index (χ1) is 16.0. The van der Waals surface area contributed by atoms with E-state index in [1.807, 2.05) is 49.4 Å². The molecule has 9 heteroatoms. The molecule has 4 aromatic rings. The summed E-state index contributed by atoms with van der Waals surface area (Å²) in [6.07, 6.45) is 1.60. The Morgan fingerprint density at radius 3 is 2.58 bits per heavy atom. The van der Waals surface area contributed by atoms with Gasteiger partial charge in [-0.1, -0.05) is 41.6 Å². The summed E-state index contributed by atoms with van der Waals surface area (Å²) in [6.45, 7) is 1.94. The van der Waals surface area contributed by atoms with Gasteiger partial charge < -0.3 is 14.8 Å². The number of benzene rings is 3. The van der Waals surface area contributed by atoms with Crippen LogP contribution >= 0.6 is 23.4 Å². The van der Waals surface area contributed by atoms with Crippen LogP contribution in [0, 0.1) is 6.92 Å². The first-order valence-electron chi connectivity index (χ1n) is 10.0. The van der Waals surface area contributed by atoms with Gasteiger partial charge in [0.1, 0.15) is 12.1 Å². The highest BCUT2D eigenvalue weighted by molar-refractivity contribution is 7.99. The standard InChI is InChI=1S/C24H21ClN4O3S/c1-16-7-10-18(13-20(16)25)29-15-26-28-24(29)33-14-23(30)27-17-8-11-19(12-9-17)32-22-6-4-3-5-21(22)31-2/h3-13,15H,14H2,1-2H3,(H,27,30). The van der Waals surface area contributed by atoms with Gasteiger partial charge in [-0.3, -0.25) is 9.36 Å². The molecule has 0 bridgehead atoms. The molecule has 1 aromatic heterocycles. The lowest BCUT2D eigenvalue weighted by Gasteiger charge is -2.11. The average molecular weight is 481 g/mol. The van der Waals surface area contributed by atoms with E-state index >= 15 is 0 Å². The Balaban J connectivity index is 1.34. The number of nitrogens with zero attached hydrogens (tertiary/aromatic N) is 3. The van der Waals surface area contributed by atoms with E-state index in [2.05, 4.69) is 15.5 Å². The minimum atomic E-state index is -0.158. The molecule has 0 atom stereocenters. The monoisotopic (exact) mass is 480 g/mol. The number of ether oxygens (including phenoxy) is 2. The van der Waals surface area contributed by atoms with Crippen molar-refractivity contribution in [3.8, 4) is 22.9 Å². The minimum absolute atomic E-state index is 0.158. The average Bonchev–Trinajstić information content (AvgIpc) is 3.30. The number of hydrogen-bond donors (Lipinski definition) is 1. The van der Waals surface area contributed by atoms with E-state index in [9.17, 15) is 4.79 Å². The molecule has 0 saturated carbocycles. The first kappa shape index (κ1) is 22.7. The van der Waals surface area contributed by atoms with Crippen molar-refractivity contribution in [1.29, 1.82) is 0 Å². The van der Waals surface area contributed by atoms with Crippen LogP contribution in [-0.2, 0) is 4.79 Å². The highest BCUT2D eigenvalue weighted by Crippen LogP contribution is 2.31. The smallest absolute Gasteiger partial charge is 0.234 e. The van der Waals surface area contributed by atoms with Crippen molar-refractivity contribution in [3.05, 3.63) is 83.6 Å². The molecule has 1 heterocycles. The molecular weight excluding hydrogens is 460 g/mol. The fourth-order valence-corrected chi connectivity index (χ4v) is 3.90. The van der Waals surface area contributed by atoms with Crippen LogP contribution in [0.3, 0.4) is 0 Å². The normalized spacial score (nSPS) is 10.6. The van der Waals surface area contributed by atoms with Crippen LogP contribution in [0.4, 0.5) is 5.69 Å². The summed E-state index contributed by atoms with van der Waals surface area (Å²) in [6, 6.07) is 20.3. The summed E-state index contributed by atoms with van der Waals surface area (Å²) >= 11 is 7.52. The largest absolute Gasteiger partial charge is 0.493 e. The Hall–Kier alpha value is -3.49. The van der Waals surface area contributed by atoms with Crippen molar-refractivity contribution in [2.45, 2.75) is 12.1 Å². The van der Waals surface area contributed by atoms with Crippen LogP contribution in [0.5, 0.6) is 17.2 Å². The SMILES string of the molecule is COc1ccccc1Oc1ccc(NC(=O)CSc2nncn2-c2ccc(C)c(Cl)c2)cc1. The molecule has 168 valence electrons. The zero-order chi connectivity index (χ0) is 23.2. The number of aromatic nitrogens is 3. The van der Waals surface area contributed by atoms with E-state index in [4.69, 9.17) is 21.1 Å². The van der Waals surface area contributed by atoms with Crippen LogP contribution in [-0.4, -0.2) is 33.5 Å². The number of anilines is 1. The molecule has 33 heavy (non-hydrogen) atoms. The molecule has 0 aliphatic rings. The molecule has 1 N–H and O–H groups in total. The summed E-state index contributed by atoms with van der Waals surface area (Å²) < 4.78 is 13.0.